The van der Waals surface area contributed by atoms with E-state index in [0.29, 0.717) is 13.2 Å². The number of halogens is 1. The van der Waals surface area contributed by atoms with Crippen LogP contribution in [-0.4, -0.2) is 101 Å². The molecule has 40 heavy (non-hydrogen) atoms. The fraction of sp³-hybridized carbons (Fsp3) is 0.462. The highest BCUT2D eigenvalue weighted by Gasteiger charge is 2.63. The molecule has 8 N–H and O–H groups in total. The van der Waals surface area contributed by atoms with Gasteiger partial charge in [-0.3, -0.25) is 24.1 Å². The number of Topliss-reactive ketones (excluding diaryl/α,β-unsaturated/α-hetero) is 2. The molecule has 0 bridgehead atoms. The third-order valence-electron chi connectivity index (χ3n) is 7.71. The van der Waals surface area contributed by atoms with Crippen LogP contribution >= 0.6 is 0 Å². The van der Waals surface area contributed by atoms with Gasteiger partial charge in [-0.05, 0) is 32.9 Å². The number of aromatic hydroxyl groups is 1. The van der Waals surface area contributed by atoms with Crippen molar-refractivity contribution < 1.29 is 48.7 Å². The third kappa shape index (κ3) is 4.42. The highest BCUT2D eigenvalue weighted by molar-refractivity contribution is 6.25. The molecular formula is C26H31FN4O9. The van der Waals surface area contributed by atoms with E-state index in [0.717, 1.165) is 6.07 Å². The van der Waals surface area contributed by atoms with Gasteiger partial charge in [-0.2, -0.15) is 0 Å². The van der Waals surface area contributed by atoms with E-state index in [1.54, 1.807) is 0 Å². The number of rotatable bonds is 8. The normalized spacial score (nSPS) is 26.0. The highest BCUT2D eigenvalue weighted by Crippen LogP contribution is 2.53. The number of nitrogens with two attached hydrogens (primary N) is 1. The lowest BCUT2D eigenvalue weighted by Gasteiger charge is -2.50. The van der Waals surface area contributed by atoms with Crippen LogP contribution < -0.4 is 16.4 Å². The fourth-order valence-electron chi connectivity index (χ4n) is 5.94. The topological polar surface area (TPSA) is 212 Å². The lowest BCUT2D eigenvalue weighted by Crippen LogP contribution is -2.63. The first-order chi connectivity index (χ1) is 18.8. The zero-order valence-corrected chi connectivity index (χ0v) is 22.1. The lowest BCUT2D eigenvalue weighted by molar-refractivity contribution is -0.148. The van der Waals surface area contributed by atoms with Gasteiger partial charge in [-0.25, -0.2) is 4.39 Å². The predicted octanol–water partition coefficient (Wildman–Crippen LogP) is -0.566. The van der Waals surface area contributed by atoms with Gasteiger partial charge in [0.15, 0.2) is 17.1 Å². The third-order valence-corrected chi connectivity index (χ3v) is 7.71. The van der Waals surface area contributed by atoms with Crippen molar-refractivity contribution in [2.45, 2.75) is 24.5 Å². The average molecular weight is 563 g/mol. The van der Waals surface area contributed by atoms with Crippen molar-refractivity contribution in [1.82, 2.24) is 10.2 Å². The van der Waals surface area contributed by atoms with Gasteiger partial charge in [0.25, 0.3) is 5.91 Å². The Morgan fingerprint density at radius 2 is 1.93 bits per heavy atom. The van der Waals surface area contributed by atoms with Crippen molar-refractivity contribution in [3.63, 3.8) is 0 Å². The minimum absolute atomic E-state index is 0.169. The molecule has 0 fully saturated rings. The zero-order valence-electron chi connectivity index (χ0n) is 22.1. The number of allylic oxidation sites excluding steroid dienone is 1. The molecule has 3 aliphatic rings. The van der Waals surface area contributed by atoms with Crippen LogP contribution in [-0.2, 0) is 25.5 Å². The summed E-state index contributed by atoms with van der Waals surface area (Å²) in [5, 5.41) is 49.6. The monoisotopic (exact) mass is 562 g/mol. The maximum atomic E-state index is 15.3. The van der Waals surface area contributed by atoms with E-state index in [4.69, 9.17) is 10.5 Å². The minimum Gasteiger partial charge on any atom is -0.510 e. The van der Waals surface area contributed by atoms with Crippen molar-refractivity contribution in [2.75, 3.05) is 46.2 Å². The van der Waals surface area contributed by atoms with Crippen molar-refractivity contribution in [2.24, 2.45) is 17.6 Å². The number of benzene rings is 1. The minimum atomic E-state index is -2.81. The van der Waals surface area contributed by atoms with E-state index in [1.165, 1.54) is 26.1 Å². The molecule has 4 rings (SSSR count). The number of phenolic OH excluding ortho intramolecular Hbond substituents is 1. The Balaban J connectivity index is 1.79. The van der Waals surface area contributed by atoms with Crippen LogP contribution in [0, 0.1) is 17.7 Å². The molecular weight excluding hydrogens is 531 g/mol. The number of hydrogen-bond donors (Lipinski definition) is 7. The Morgan fingerprint density at radius 1 is 1.25 bits per heavy atom. The largest absolute Gasteiger partial charge is 0.510 e. The lowest BCUT2D eigenvalue weighted by atomic mass is 9.58. The number of amides is 2. The molecule has 216 valence electrons. The van der Waals surface area contributed by atoms with Crippen molar-refractivity contribution in [3.8, 4) is 5.75 Å². The molecule has 0 unspecified atom stereocenters. The van der Waals surface area contributed by atoms with E-state index in [2.05, 4.69) is 10.6 Å². The number of aliphatic hydroxyl groups excluding tert-OH is 2. The number of ketones is 2. The first-order valence-corrected chi connectivity index (χ1v) is 12.5. The van der Waals surface area contributed by atoms with Crippen molar-refractivity contribution in [1.29, 1.82) is 0 Å². The summed E-state index contributed by atoms with van der Waals surface area (Å²) < 4.78 is 20.2. The van der Waals surface area contributed by atoms with Crippen molar-refractivity contribution in [3.05, 3.63) is 45.7 Å². The molecule has 13 nitrogen and oxygen atoms in total. The van der Waals surface area contributed by atoms with E-state index in [9.17, 15) is 39.6 Å². The number of anilines is 1. The molecule has 0 aromatic heterocycles. The number of carbonyl (C=O) groups is 4. The number of ether oxygens (including phenoxy) is 1. The summed E-state index contributed by atoms with van der Waals surface area (Å²) in [5.41, 5.74) is 0.0408. The smallest absolute Gasteiger partial charge is 0.255 e. The Morgan fingerprint density at radius 3 is 2.52 bits per heavy atom. The molecule has 0 radical (unpaired) electrons. The second kappa shape index (κ2) is 10.6. The van der Waals surface area contributed by atoms with Crippen molar-refractivity contribution >= 4 is 29.1 Å². The fourth-order valence-corrected chi connectivity index (χ4v) is 5.94. The zero-order chi connectivity index (χ0) is 29.7. The molecule has 4 atom stereocenters. The average Bonchev–Trinajstić information content (AvgIpc) is 2.86. The first-order valence-electron chi connectivity index (χ1n) is 12.5. The number of fused-ring (bicyclic) bond motifs is 3. The van der Waals surface area contributed by atoms with Gasteiger partial charge in [0.1, 0.15) is 22.9 Å². The Bertz CT molecular complexity index is 1370. The summed E-state index contributed by atoms with van der Waals surface area (Å²) in [5.74, 6) is -9.96. The van der Waals surface area contributed by atoms with Crippen LogP contribution in [0.1, 0.15) is 22.3 Å². The summed E-state index contributed by atoms with van der Waals surface area (Å²) in [7, 11) is 4.50. The SMILES string of the molecule is COCCNCC(=O)Nc1cc(F)c2c(c1O)C(=O)C1=C(O)[C@]3(O)C(=O)C(C(N)=O)=C(O)[C@@H](N(C)C)[C@@H]3C[C@@H]1C2. The molecule has 0 spiro atoms. The van der Waals surface area contributed by atoms with E-state index in [1.807, 2.05) is 0 Å². The number of aliphatic hydroxyl groups is 3. The molecule has 0 aliphatic heterocycles. The number of nitrogens with zero attached hydrogens (tertiary/aromatic N) is 1. The van der Waals surface area contributed by atoms with Gasteiger partial charge in [0.05, 0.1) is 30.4 Å². The van der Waals surface area contributed by atoms with Crippen LogP contribution in [0.15, 0.2) is 28.7 Å². The van der Waals surface area contributed by atoms with Gasteiger partial charge in [0, 0.05) is 36.8 Å². The van der Waals surface area contributed by atoms with Crippen LogP contribution in [0.3, 0.4) is 0 Å². The van der Waals surface area contributed by atoms with Gasteiger partial charge in [-0.1, -0.05) is 0 Å². The van der Waals surface area contributed by atoms with E-state index < -0.39 is 86.7 Å². The number of hydrogen-bond acceptors (Lipinski definition) is 11. The maximum Gasteiger partial charge on any atom is 0.255 e. The standard InChI is InChI=1S/C26H31FN4O9/c1-31(2)19-12-7-10-6-11-13(27)8-14(30-15(32)9-29-4-5-40-3)20(33)17(11)21(34)16(10)23(36)26(12,39)24(37)18(22(19)35)25(28)38/h8,10,12,19,29,33,35-36,39H,4-7,9H2,1-3H3,(H2,28,38)(H,30,32)/t10-,12-,19-,26-/m0/s1. The Labute approximate surface area is 228 Å². The summed E-state index contributed by atoms with van der Waals surface area (Å²) in [4.78, 5) is 52.7. The van der Waals surface area contributed by atoms with Gasteiger partial charge >= 0.3 is 0 Å². The van der Waals surface area contributed by atoms with Gasteiger partial charge < -0.3 is 41.5 Å². The molecule has 0 saturated carbocycles. The van der Waals surface area contributed by atoms with Crippen LogP contribution in [0.25, 0.3) is 0 Å². The molecule has 2 amide bonds. The number of likely N-dealkylation sites (N-methyl/N-ethyl adjacent to an activating group) is 1. The second-order valence-electron chi connectivity index (χ2n) is 10.3. The van der Waals surface area contributed by atoms with Crippen LogP contribution in [0.4, 0.5) is 10.1 Å². The molecule has 0 heterocycles. The summed E-state index contributed by atoms with van der Waals surface area (Å²) in [6.45, 7) is 0.487. The molecule has 0 saturated heterocycles. The molecule has 1 aromatic carbocycles. The molecule has 1 aromatic rings. The Kier molecular flexibility index (Phi) is 7.73. The number of nitrogens with one attached hydrogen (secondary N) is 2. The summed E-state index contributed by atoms with van der Waals surface area (Å²) in [6, 6.07) is -0.276. The maximum absolute atomic E-state index is 15.3. The van der Waals surface area contributed by atoms with Gasteiger partial charge in [-0.15, -0.1) is 0 Å². The number of primary amides is 1. The van der Waals surface area contributed by atoms with Crippen LogP contribution in [0.2, 0.25) is 0 Å². The first kappa shape index (κ1) is 29.1. The number of methoxy groups -OCH3 is 1. The van der Waals surface area contributed by atoms with Gasteiger partial charge in [0.2, 0.25) is 11.7 Å². The summed E-state index contributed by atoms with van der Waals surface area (Å²) in [6.07, 6.45) is -0.377. The molecule has 3 aliphatic carbocycles. The highest BCUT2D eigenvalue weighted by atomic mass is 19.1. The number of phenols is 1. The number of carbonyl (C=O) groups excluding carboxylic acids is 4. The predicted molar refractivity (Wildman–Crippen MR) is 137 cm³/mol. The van der Waals surface area contributed by atoms with E-state index in [-0.39, 0.29) is 30.6 Å². The van der Waals surface area contributed by atoms with Crippen LogP contribution in [0.5, 0.6) is 5.75 Å². The van der Waals surface area contributed by atoms with E-state index >= 15 is 4.39 Å². The molecule has 14 heteroatoms. The summed E-state index contributed by atoms with van der Waals surface area (Å²) >= 11 is 0. The quantitative estimate of drug-likeness (QED) is 0.121. The second-order valence-corrected chi connectivity index (χ2v) is 10.3. The Hall–Kier alpha value is -3.85.